The maximum absolute atomic E-state index is 12.5. The van der Waals surface area contributed by atoms with Crippen molar-refractivity contribution >= 4 is 11.6 Å². The van der Waals surface area contributed by atoms with E-state index in [9.17, 15) is 4.79 Å². The minimum atomic E-state index is 0.0304. The van der Waals surface area contributed by atoms with Crippen LogP contribution in [-0.4, -0.2) is 48.1 Å². The minimum absolute atomic E-state index is 0.0304. The monoisotopic (exact) mass is 261 g/mol. The number of rotatable bonds is 2. The molecule has 1 saturated heterocycles. The van der Waals surface area contributed by atoms with Gasteiger partial charge in [-0.3, -0.25) is 4.79 Å². The molecule has 0 bridgehead atoms. The molecule has 2 unspecified atom stereocenters. The Balaban J connectivity index is 1.78. The summed E-state index contributed by atoms with van der Waals surface area (Å²) in [7, 11) is 1.84. The van der Waals surface area contributed by atoms with Gasteiger partial charge < -0.3 is 15.0 Å². The number of nitrogens with one attached hydrogen (secondary N) is 1. The Labute approximate surface area is 113 Å². The van der Waals surface area contributed by atoms with E-state index in [1.165, 1.54) is 0 Å². The predicted octanol–water partition coefficient (Wildman–Crippen LogP) is 1.52. The zero-order chi connectivity index (χ0) is 13.2. The summed E-state index contributed by atoms with van der Waals surface area (Å²) in [5.74, 6) is 0.0304. The number of pyridine rings is 1. The highest BCUT2D eigenvalue weighted by Crippen LogP contribution is 2.30. The van der Waals surface area contributed by atoms with Gasteiger partial charge in [0.1, 0.15) is 5.69 Å². The maximum atomic E-state index is 12.5. The van der Waals surface area contributed by atoms with Crippen LogP contribution in [0.15, 0.2) is 18.3 Å². The fourth-order valence-corrected chi connectivity index (χ4v) is 2.99. The molecule has 3 rings (SSSR count). The molecule has 1 aromatic rings. The largest absolute Gasteiger partial charge is 0.387 e. The van der Waals surface area contributed by atoms with E-state index in [1.807, 2.05) is 18.0 Å². The molecule has 1 amide bonds. The number of hydrogen-bond donors (Lipinski definition) is 1. The molecule has 5 heteroatoms. The zero-order valence-electron chi connectivity index (χ0n) is 11.1. The second-order valence-corrected chi connectivity index (χ2v) is 5.09. The van der Waals surface area contributed by atoms with Gasteiger partial charge in [0.25, 0.3) is 5.91 Å². The number of hydrogen-bond acceptors (Lipinski definition) is 4. The summed E-state index contributed by atoms with van der Waals surface area (Å²) in [5, 5.41) is 3.00. The third-order valence-electron chi connectivity index (χ3n) is 4.01. The Hall–Kier alpha value is -1.62. The van der Waals surface area contributed by atoms with Crippen molar-refractivity contribution in [1.82, 2.24) is 9.88 Å². The lowest BCUT2D eigenvalue weighted by atomic mass is 10.1. The van der Waals surface area contributed by atoms with Crippen LogP contribution < -0.4 is 5.32 Å². The molecule has 1 aliphatic heterocycles. The molecule has 0 radical (unpaired) electrons. The van der Waals surface area contributed by atoms with E-state index in [0.29, 0.717) is 18.8 Å². The first-order valence-electron chi connectivity index (χ1n) is 6.86. The molecule has 2 heterocycles. The number of amides is 1. The van der Waals surface area contributed by atoms with Crippen LogP contribution in [0.3, 0.4) is 0 Å². The predicted molar refractivity (Wildman–Crippen MR) is 72.2 cm³/mol. The van der Waals surface area contributed by atoms with Crippen LogP contribution in [0.5, 0.6) is 0 Å². The average Bonchev–Trinajstić information content (AvgIpc) is 2.95. The summed E-state index contributed by atoms with van der Waals surface area (Å²) in [6, 6.07) is 3.91. The SMILES string of the molecule is CNc1ccc(C(=O)N2CCOC3CCCC32)nc1. The zero-order valence-corrected chi connectivity index (χ0v) is 11.1. The molecule has 0 spiro atoms. The molecular formula is C14H19N3O2. The van der Waals surface area contributed by atoms with Crippen molar-refractivity contribution in [3.63, 3.8) is 0 Å². The second kappa shape index (κ2) is 5.17. The lowest BCUT2D eigenvalue weighted by Crippen LogP contribution is -2.51. The molecule has 0 aromatic carbocycles. The quantitative estimate of drug-likeness (QED) is 0.877. The molecule has 102 valence electrons. The van der Waals surface area contributed by atoms with Gasteiger partial charge in [0, 0.05) is 13.6 Å². The van der Waals surface area contributed by atoms with Gasteiger partial charge in [-0.15, -0.1) is 0 Å². The summed E-state index contributed by atoms with van der Waals surface area (Å²) in [6.45, 7) is 1.32. The molecule has 2 aliphatic rings. The van der Waals surface area contributed by atoms with Crippen molar-refractivity contribution in [2.75, 3.05) is 25.5 Å². The highest BCUT2D eigenvalue weighted by Gasteiger charge is 2.38. The number of morpholine rings is 1. The number of ether oxygens (including phenoxy) is 1. The van der Waals surface area contributed by atoms with Crippen molar-refractivity contribution < 1.29 is 9.53 Å². The van der Waals surface area contributed by atoms with E-state index in [4.69, 9.17) is 4.74 Å². The van der Waals surface area contributed by atoms with E-state index in [0.717, 1.165) is 24.9 Å². The van der Waals surface area contributed by atoms with Crippen LogP contribution >= 0.6 is 0 Å². The number of aromatic nitrogens is 1. The Bertz CT molecular complexity index is 460. The summed E-state index contributed by atoms with van der Waals surface area (Å²) in [4.78, 5) is 18.7. The van der Waals surface area contributed by atoms with Crippen molar-refractivity contribution in [3.05, 3.63) is 24.0 Å². The lowest BCUT2D eigenvalue weighted by Gasteiger charge is -2.37. The van der Waals surface area contributed by atoms with Crippen LogP contribution in [0.4, 0.5) is 5.69 Å². The minimum Gasteiger partial charge on any atom is -0.387 e. The van der Waals surface area contributed by atoms with Crippen LogP contribution in [0, 0.1) is 0 Å². The van der Waals surface area contributed by atoms with Crippen molar-refractivity contribution in [2.24, 2.45) is 0 Å². The van der Waals surface area contributed by atoms with Crippen molar-refractivity contribution in [3.8, 4) is 0 Å². The van der Waals surface area contributed by atoms with E-state index in [2.05, 4.69) is 10.3 Å². The van der Waals surface area contributed by atoms with Gasteiger partial charge >= 0.3 is 0 Å². The summed E-state index contributed by atoms with van der Waals surface area (Å²) in [6.07, 6.45) is 5.19. The molecule has 1 aromatic heterocycles. The van der Waals surface area contributed by atoms with Gasteiger partial charge in [0.15, 0.2) is 0 Å². The standard InChI is InChI=1S/C14H19N3O2/c1-15-10-5-6-11(16-9-10)14(18)17-7-8-19-13-4-2-3-12(13)17/h5-6,9,12-13,15H,2-4,7-8H2,1H3. The third kappa shape index (κ3) is 2.30. The highest BCUT2D eigenvalue weighted by molar-refractivity contribution is 5.92. The first kappa shape index (κ1) is 12.4. The van der Waals surface area contributed by atoms with E-state index in [1.54, 1.807) is 12.3 Å². The van der Waals surface area contributed by atoms with Gasteiger partial charge in [-0.1, -0.05) is 0 Å². The molecule has 2 atom stereocenters. The van der Waals surface area contributed by atoms with Crippen LogP contribution in [0.1, 0.15) is 29.8 Å². The van der Waals surface area contributed by atoms with Crippen molar-refractivity contribution in [1.29, 1.82) is 0 Å². The molecule has 19 heavy (non-hydrogen) atoms. The van der Waals surface area contributed by atoms with Gasteiger partial charge in [0.2, 0.25) is 0 Å². The summed E-state index contributed by atoms with van der Waals surface area (Å²) in [5.41, 5.74) is 1.43. The fourth-order valence-electron chi connectivity index (χ4n) is 2.99. The van der Waals surface area contributed by atoms with E-state index < -0.39 is 0 Å². The average molecular weight is 261 g/mol. The van der Waals surface area contributed by atoms with E-state index in [-0.39, 0.29) is 18.1 Å². The summed E-state index contributed by atoms with van der Waals surface area (Å²) >= 11 is 0. The first-order chi connectivity index (χ1) is 9.29. The molecule has 5 nitrogen and oxygen atoms in total. The number of nitrogens with zero attached hydrogens (tertiary/aromatic N) is 2. The van der Waals surface area contributed by atoms with Crippen molar-refractivity contribution in [2.45, 2.75) is 31.4 Å². The normalized spacial score (nSPS) is 26.1. The Morgan fingerprint density at radius 3 is 3.11 bits per heavy atom. The van der Waals surface area contributed by atoms with Crippen LogP contribution in [0.25, 0.3) is 0 Å². The molecule has 1 aliphatic carbocycles. The number of fused-ring (bicyclic) bond motifs is 1. The Morgan fingerprint density at radius 1 is 1.47 bits per heavy atom. The van der Waals surface area contributed by atoms with E-state index >= 15 is 0 Å². The smallest absolute Gasteiger partial charge is 0.272 e. The third-order valence-corrected chi connectivity index (χ3v) is 4.01. The first-order valence-corrected chi connectivity index (χ1v) is 6.86. The number of anilines is 1. The van der Waals surface area contributed by atoms with Crippen LogP contribution in [-0.2, 0) is 4.74 Å². The Kier molecular flexibility index (Phi) is 3.38. The van der Waals surface area contributed by atoms with Gasteiger partial charge in [-0.2, -0.15) is 0 Å². The second-order valence-electron chi connectivity index (χ2n) is 5.09. The lowest BCUT2D eigenvalue weighted by molar-refractivity contribution is -0.0447. The van der Waals surface area contributed by atoms with Gasteiger partial charge in [-0.25, -0.2) is 4.98 Å². The fraction of sp³-hybridized carbons (Fsp3) is 0.571. The van der Waals surface area contributed by atoms with Gasteiger partial charge in [0.05, 0.1) is 30.6 Å². The summed E-state index contributed by atoms with van der Waals surface area (Å²) < 4.78 is 5.73. The molecular weight excluding hydrogens is 242 g/mol. The topological polar surface area (TPSA) is 54.5 Å². The Morgan fingerprint density at radius 2 is 2.37 bits per heavy atom. The van der Waals surface area contributed by atoms with Gasteiger partial charge in [-0.05, 0) is 31.4 Å². The maximum Gasteiger partial charge on any atom is 0.272 e. The molecule has 1 saturated carbocycles. The molecule has 1 N–H and O–H groups in total. The van der Waals surface area contributed by atoms with Crippen LogP contribution in [0.2, 0.25) is 0 Å². The molecule has 2 fully saturated rings. The number of carbonyl (C=O) groups excluding carboxylic acids is 1. The highest BCUT2D eigenvalue weighted by atomic mass is 16.5. The number of carbonyl (C=O) groups is 1.